The van der Waals surface area contributed by atoms with E-state index in [2.05, 4.69) is 4.74 Å². The van der Waals surface area contributed by atoms with E-state index in [1.807, 2.05) is 6.92 Å². The zero-order valence-electron chi connectivity index (χ0n) is 7.83. The Balaban J connectivity index is 4.40. The van der Waals surface area contributed by atoms with Crippen LogP contribution in [0.15, 0.2) is 0 Å². The zero-order chi connectivity index (χ0) is 9.78. The summed E-state index contributed by atoms with van der Waals surface area (Å²) in [5.74, 6) is -0.621. The van der Waals surface area contributed by atoms with Crippen LogP contribution in [0, 0.1) is 5.41 Å². The highest BCUT2D eigenvalue weighted by Crippen LogP contribution is 2.24. The van der Waals surface area contributed by atoms with Gasteiger partial charge in [-0.05, 0) is 6.42 Å². The Morgan fingerprint density at radius 2 is 2.25 bits per heavy atom. The summed E-state index contributed by atoms with van der Waals surface area (Å²) in [5, 5.41) is 9.48. The Morgan fingerprint density at radius 3 is 2.50 bits per heavy atom. The van der Waals surface area contributed by atoms with Gasteiger partial charge in [-0.15, -0.1) is 0 Å². The first-order valence-corrected chi connectivity index (χ1v) is 3.97. The number of ether oxygens (including phenoxy) is 1. The van der Waals surface area contributed by atoms with Gasteiger partial charge in [-0.1, -0.05) is 13.8 Å². The van der Waals surface area contributed by atoms with Gasteiger partial charge in [-0.3, -0.25) is 0 Å². The second-order valence-electron chi connectivity index (χ2n) is 3.14. The molecule has 0 radical (unpaired) electrons. The van der Waals surface area contributed by atoms with Crippen molar-refractivity contribution in [2.75, 3.05) is 13.7 Å². The lowest BCUT2D eigenvalue weighted by Gasteiger charge is -2.29. The number of hydrogen-bond acceptors (Lipinski definition) is 4. The Labute approximate surface area is 72.7 Å². The Morgan fingerprint density at radius 1 is 1.75 bits per heavy atom. The molecule has 3 N–H and O–H groups in total. The predicted molar refractivity (Wildman–Crippen MR) is 45.5 cm³/mol. The van der Waals surface area contributed by atoms with Crippen LogP contribution in [0.1, 0.15) is 20.3 Å². The van der Waals surface area contributed by atoms with Gasteiger partial charge >= 0.3 is 5.97 Å². The van der Waals surface area contributed by atoms with Crippen LogP contribution in [0.2, 0.25) is 0 Å². The van der Waals surface area contributed by atoms with E-state index < -0.39 is 17.5 Å². The van der Waals surface area contributed by atoms with Gasteiger partial charge in [0.05, 0.1) is 7.11 Å². The molecule has 0 aromatic carbocycles. The third-order valence-corrected chi connectivity index (χ3v) is 2.36. The Hall–Kier alpha value is -0.610. The first kappa shape index (κ1) is 11.4. The molecule has 0 bridgehead atoms. The first-order valence-electron chi connectivity index (χ1n) is 3.97. The lowest BCUT2D eigenvalue weighted by Crippen LogP contribution is -2.44. The summed E-state index contributed by atoms with van der Waals surface area (Å²) in [6.45, 7) is 3.90. The molecule has 4 nitrogen and oxygen atoms in total. The zero-order valence-corrected chi connectivity index (χ0v) is 7.83. The van der Waals surface area contributed by atoms with E-state index in [1.165, 1.54) is 7.11 Å². The molecule has 0 amide bonds. The highest BCUT2D eigenvalue weighted by Gasteiger charge is 2.35. The van der Waals surface area contributed by atoms with Crippen LogP contribution >= 0.6 is 0 Å². The van der Waals surface area contributed by atoms with Crippen molar-refractivity contribution in [3.8, 4) is 0 Å². The second kappa shape index (κ2) is 4.42. The SMILES string of the molecule is CCC(C)(CN)C(O)C(=O)OC. The monoisotopic (exact) mass is 175 g/mol. The molecule has 0 aliphatic carbocycles. The van der Waals surface area contributed by atoms with E-state index in [1.54, 1.807) is 6.92 Å². The van der Waals surface area contributed by atoms with Crippen molar-refractivity contribution in [3.63, 3.8) is 0 Å². The summed E-state index contributed by atoms with van der Waals surface area (Å²) in [7, 11) is 1.25. The van der Waals surface area contributed by atoms with Crippen molar-refractivity contribution in [1.82, 2.24) is 0 Å². The second-order valence-corrected chi connectivity index (χ2v) is 3.14. The number of carbonyl (C=O) groups is 1. The molecule has 12 heavy (non-hydrogen) atoms. The topological polar surface area (TPSA) is 72.5 Å². The van der Waals surface area contributed by atoms with E-state index in [-0.39, 0.29) is 6.54 Å². The van der Waals surface area contributed by atoms with Crippen LogP contribution in [0.5, 0.6) is 0 Å². The third-order valence-electron chi connectivity index (χ3n) is 2.36. The number of carbonyl (C=O) groups excluding carboxylic acids is 1. The van der Waals surface area contributed by atoms with Gasteiger partial charge in [-0.25, -0.2) is 4.79 Å². The summed E-state index contributed by atoms with van der Waals surface area (Å²) >= 11 is 0. The molecule has 2 atom stereocenters. The van der Waals surface area contributed by atoms with Gasteiger partial charge in [0.15, 0.2) is 6.10 Å². The molecule has 0 spiro atoms. The molecule has 2 unspecified atom stereocenters. The maximum atomic E-state index is 10.9. The van der Waals surface area contributed by atoms with Crippen molar-refractivity contribution < 1.29 is 14.6 Å². The van der Waals surface area contributed by atoms with Crippen LogP contribution in [0.4, 0.5) is 0 Å². The summed E-state index contributed by atoms with van der Waals surface area (Å²) in [6, 6.07) is 0. The van der Waals surface area contributed by atoms with E-state index in [0.717, 1.165) is 0 Å². The fourth-order valence-corrected chi connectivity index (χ4v) is 0.845. The lowest BCUT2D eigenvalue weighted by molar-refractivity contribution is -0.157. The molecule has 0 fully saturated rings. The van der Waals surface area contributed by atoms with Crippen molar-refractivity contribution in [2.45, 2.75) is 26.4 Å². The quantitative estimate of drug-likeness (QED) is 0.585. The van der Waals surface area contributed by atoms with Crippen LogP contribution in [-0.2, 0) is 9.53 Å². The minimum Gasteiger partial charge on any atom is -0.467 e. The lowest BCUT2D eigenvalue weighted by atomic mass is 9.82. The molecule has 0 aromatic heterocycles. The molecule has 0 saturated heterocycles. The highest BCUT2D eigenvalue weighted by atomic mass is 16.5. The van der Waals surface area contributed by atoms with Gasteiger partial charge in [0.25, 0.3) is 0 Å². The van der Waals surface area contributed by atoms with Crippen molar-refractivity contribution in [3.05, 3.63) is 0 Å². The van der Waals surface area contributed by atoms with Crippen LogP contribution < -0.4 is 5.73 Å². The summed E-state index contributed by atoms with van der Waals surface area (Å²) in [6.07, 6.45) is -0.489. The molecule has 0 aromatic rings. The standard InChI is InChI=1S/C8H17NO3/c1-4-8(2,5-9)6(10)7(11)12-3/h6,10H,4-5,9H2,1-3H3. The normalized spacial score (nSPS) is 18.1. The predicted octanol–water partition coefficient (Wildman–Crippen LogP) is -0.105. The average molecular weight is 175 g/mol. The van der Waals surface area contributed by atoms with E-state index >= 15 is 0 Å². The van der Waals surface area contributed by atoms with Gasteiger partial charge < -0.3 is 15.6 Å². The molecule has 0 heterocycles. The summed E-state index contributed by atoms with van der Waals surface area (Å²) in [5.41, 5.74) is 4.87. The Bertz CT molecular complexity index is 154. The van der Waals surface area contributed by atoms with E-state index in [9.17, 15) is 9.90 Å². The fourth-order valence-electron chi connectivity index (χ4n) is 0.845. The molecule has 0 rings (SSSR count). The first-order chi connectivity index (χ1) is 5.51. The van der Waals surface area contributed by atoms with Crippen LogP contribution in [0.25, 0.3) is 0 Å². The molecule has 0 aliphatic heterocycles. The van der Waals surface area contributed by atoms with Gasteiger partial charge in [0.1, 0.15) is 0 Å². The molecular weight excluding hydrogens is 158 g/mol. The van der Waals surface area contributed by atoms with Crippen molar-refractivity contribution in [2.24, 2.45) is 11.1 Å². The molecule has 4 heteroatoms. The number of rotatable bonds is 4. The average Bonchev–Trinajstić information content (AvgIpc) is 2.14. The maximum absolute atomic E-state index is 10.9. The van der Waals surface area contributed by atoms with Crippen molar-refractivity contribution in [1.29, 1.82) is 0 Å². The van der Waals surface area contributed by atoms with Gasteiger partial charge in [0, 0.05) is 12.0 Å². The molecule has 0 aliphatic rings. The largest absolute Gasteiger partial charge is 0.467 e. The number of nitrogens with two attached hydrogens (primary N) is 1. The van der Waals surface area contributed by atoms with E-state index in [4.69, 9.17) is 5.73 Å². The Kier molecular flexibility index (Phi) is 4.20. The number of aliphatic hydroxyl groups excluding tert-OH is 1. The summed E-state index contributed by atoms with van der Waals surface area (Å²) < 4.78 is 4.42. The highest BCUT2D eigenvalue weighted by molar-refractivity contribution is 5.75. The molecule has 0 saturated carbocycles. The van der Waals surface area contributed by atoms with Crippen molar-refractivity contribution >= 4 is 5.97 Å². The van der Waals surface area contributed by atoms with Crippen LogP contribution in [0.3, 0.4) is 0 Å². The smallest absolute Gasteiger partial charge is 0.335 e. The molecule has 72 valence electrons. The fraction of sp³-hybridized carbons (Fsp3) is 0.875. The minimum atomic E-state index is -1.13. The number of aliphatic hydroxyl groups is 1. The number of hydrogen-bond donors (Lipinski definition) is 2. The van der Waals surface area contributed by atoms with E-state index in [0.29, 0.717) is 6.42 Å². The number of methoxy groups -OCH3 is 1. The third kappa shape index (κ3) is 2.19. The van der Waals surface area contributed by atoms with Crippen LogP contribution in [-0.4, -0.2) is 30.8 Å². The maximum Gasteiger partial charge on any atom is 0.335 e. The number of esters is 1. The van der Waals surface area contributed by atoms with Gasteiger partial charge in [0.2, 0.25) is 0 Å². The summed E-state index contributed by atoms with van der Waals surface area (Å²) in [4.78, 5) is 10.9. The molecular formula is C8H17NO3. The minimum absolute atomic E-state index is 0.264. The van der Waals surface area contributed by atoms with Gasteiger partial charge in [-0.2, -0.15) is 0 Å².